The minimum Gasteiger partial charge on any atom is -0.497 e. The summed E-state index contributed by atoms with van der Waals surface area (Å²) in [5, 5.41) is 4.16. The van der Waals surface area contributed by atoms with Crippen LogP contribution in [0.3, 0.4) is 0 Å². The Labute approximate surface area is 124 Å². The predicted molar refractivity (Wildman–Crippen MR) is 82.4 cm³/mol. The Kier molecular flexibility index (Phi) is 5.39. The number of nitrogens with zero attached hydrogens (tertiary/aromatic N) is 1. The van der Waals surface area contributed by atoms with Crippen LogP contribution in [-0.2, 0) is 0 Å². The molecule has 1 N–H and O–H groups in total. The number of nitrogens with one attached hydrogen (secondary N) is 1. The third-order valence-corrected chi connectivity index (χ3v) is 3.41. The van der Waals surface area contributed by atoms with Gasteiger partial charge in [0.2, 0.25) is 0 Å². The van der Waals surface area contributed by atoms with Gasteiger partial charge in [-0.15, -0.1) is 0 Å². The summed E-state index contributed by atoms with van der Waals surface area (Å²) in [5.74, 6) is 0.831. The lowest BCUT2D eigenvalue weighted by atomic mass is 10.0. The van der Waals surface area contributed by atoms with Gasteiger partial charge in [-0.25, -0.2) is 0 Å². The van der Waals surface area contributed by atoms with E-state index in [1.165, 1.54) is 0 Å². The van der Waals surface area contributed by atoms with Crippen molar-refractivity contribution in [1.82, 2.24) is 10.3 Å². The SMILES string of the molecule is CCCNC(c1cccc(OC)c1)c1ncccc1Cl. The monoisotopic (exact) mass is 290 g/mol. The molecule has 0 bridgehead atoms. The van der Waals surface area contributed by atoms with Gasteiger partial charge in [0.05, 0.1) is 23.9 Å². The largest absolute Gasteiger partial charge is 0.497 e. The van der Waals surface area contributed by atoms with Gasteiger partial charge in [-0.1, -0.05) is 30.7 Å². The van der Waals surface area contributed by atoms with Crippen molar-refractivity contribution in [2.24, 2.45) is 0 Å². The van der Waals surface area contributed by atoms with Gasteiger partial charge < -0.3 is 10.1 Å². The molecule has 0 aliphatic heterocycles. The first-order chi connectivity index (χ1) is 9.76. The van der Waals surface area contributed by atoms with E-state index >= 15 is 0 Å². The first-order valence-corrected chi connectivity index (χ1v) is 7.11. The second-order valence-corrected chi connectivity index (χ2v) is 4.94. The molecule has 1 aromatic heterocycles. The zero-order valence-corrected chi connectivity index (χ0v) is 12.5. The Hall–Kier alpha value is -1.58. The number of methoxy groups -OCH3 is 1. The summed E-state index contributed by atoms with van der Waals surface area (Å²) < 4.78 is 5.29. The highest BCUT2D eigenvalue weighted by atomic mass is 35.5. The lowest BCUT2D eigenvalue weighted by molar-refractivity contribution is 0.413. The number of ether oxygens (including phenoxy) is 1. The van der Waals surface area contributed by atoms with E-state index in [0.29, 0.717) is 5.02 Å². The minimum atomic E-state index is -0.0289. The van der Waals surface area contributed by atoms with Crippen molar-refractivity contribution in [3.8, 4) is 5.75 Å². The molecule has 20 heavy (non-hydrogen) atoms. The third kappa shape index (κ3) is 3.50. The highest BCUT2D eigenvalue weighted by Crippen LogP contribution is 2.28. The maximum absolute atomic E-state index is 6.29. The molecule has 1 aromatic carbocycles. The van der Waals surface area contributed by atoms with Crippen molar-refractivity contribution < 1.29 is 4.74 Å². The predicted octanol–water partition coefficient (Wildman–Crippen LogP) is 3.83. The van der Waals surface area contributed by atoms with E-state index in [9.17, 15) is 0 Å². The minimum absolute atomic E-state index is 0.0289. The standard InChI is InChI=1S/C16H19ClN2O/c1-3-9-18-15(16-14(17)8-5-10-19-16)12-6-4-7-13(11-12)20-2/h4-8,10-11,15,18H,3,9H2,1-2H3. The van der Waals surface area contributed by atoms with Gasteiger partial charge in [-0.2, -0.15) is 0 Å². The van der Waals surface area contributed by atoms with Crippen molar-refractivity contribution in [2.75, 3.05) is 13.7 Å². The van der Waals surface area contributed by atoms with E-state index in [2.05, 4.69) is 23.3 Å². The molecular weight excluding hydrogens is 272 g/mol. The van der Waals surface area contributed by atoms with E-state index in [4.69, 9.17) is 16.3 Å². The topological polar surface area (TPSA) is 34.1 Å². The van der Waals surface area contributed by atoms with E-state index in [-0.39, 0.29) is 6.04 Å². The van der Waals surface area contributed by atoms with Gasteiger partial charge in [-0.3, -0.25) is 4.98 Å². The second-order valence-electron chi connectivity index (χ2n) is 4.53. The van der Waals surface area contributed by atoms with Crippen molar-refractivity contribution in [3.05, 3.63) is 58.9 Å². The highest BCUT2D eigenvalue weighted by Gasteiger charge is 2.18. The summed E-state index contributed by atoms with van der Waals surface area (Å²) in [6.45, 7) is 3.03. The number of benzene rings is 1. The molecule has 0 fully saturated rings. The molecule has 1 unspecified atom stereocenters. The molecular formula is C16H19ClN2O. The van der Waals surface area contributed by atoms with Crippen LogP contribution < -0.4 is 10.1 Å². The van der Waals surface area contributed by atoms with Gasteiger partial charge >= 0.3 is 0 Å². The molecule has 0 aliphatic carbocycles. The number of halogens is 1. The number of hydrogen-bond acceptors (Lipinski definition) is 3. The van der Waals surface area contributed by atoms with Crippen LogP contribution in [0.4, 0.5) is 0 Å². The third-order valence-electron chi connectivity index (χ3n) is 3.09. The molecule has 1 atom stereocenters. The van der Waals surface area contributed by atoms with Crippen LogP contribution in [0.25, 0.3) is 0 Å². The average molecular weight is 291 g/mol. The van der Waals surface area contributed by atoms with Crippen molar-refractivity contribution in [3.63, 3.8) is 0 Å². The molecule has 0 amide bonds. The van der Waals surface area contributed by atoms with Gasteiger partial charge in [0.15, 0.2) is 0 Å². The molecule has 3 nitrogen and oxygen atoms in total. The summed E-state index contributed by atoms with van der Waals surface area (Å²) >= 11 is 6.29. The second kappa shape index (κ2) is 7.27. The normalized spacial score (nSPS) is 12.2. The van der Waals surface area contributed by atoms with Crippen LogP contribution in [-0.4, -0.2) is 18.6 Å². The molecule has 0 saturated carbocycles. The zero-order valence-electron chi connectivity index (χ0n) is 11.8. The summed E-state index contributed by atoms with van der Waals surface area (Å²) in [7, 11) is 1.67. The number of hydrogen-bond donors (Lipinski definition) is 1. The quantitative estimate of drug-likeness (QED) is 0.878. The van der Waals surface area contributed by atoms with E-state index in [1.54, 1.807) is 13.3 Å². The molecule has 2 rings (SSSR count). The van der Waals surface area contributed by atoms with E-state index < -0.39 is 0 Å². The number of aromatic nitrogens is 1. The molecule has 0 radical (unpaired) electrons. The molecule has 0 saturated heterocycles. The first kappa shape index (κ1) is 14.8. The van der Waals surface area contributed by atoms with Gasteiger partial charge in [0, 0.05) is 6.20 Å². The van der Waals surface area contributed by atoms with Crippen LogP contribution in [0.5, 0.6) is 5.75 Å². The first-order valence-electron chi connectivity index (χ1n) is 6.74. The van der Waals surface area contributed by atoms with Gasteiger partial charge in [0.1, 0.15) is 5.75 Å². The summed E-state index contributed by atoms with van der Waals surface area (Å²) in [4.78, 5) is 4.43. The molecule has 4 heteroatoms. The van der Waals surface area contributed by atoms with E-state index in [0.717, 1.165) is 30.0 Å². The zero-order chi connectivity index (χ0) is 14.4. The molecule has 2 aromatic rings. The maximum Gasteiger partial charge on any atom is 0.119 e. The Morgan fingerprint density at radius 1 is 1.30 bits per heavy atom. The summed E-state index contributed by atoms with van der Waals surface area (Å²) in [6.07, 6.45) is 2.81. The van der Waals surface area contributed by atoms with Crippen LogP contribution in [0, 0.1) is 0 Å². The van der Waals surface area contributed by atoms with Gasteiger partial charge in [-0.05, 0) is 42.8 Å². The van der Waals surface area contributed by atoms with Crippen LogP contribution in [0.15, 0.2) is 42.6 Å². The van der Waals surface area contributed by atoms with Crippen LogP contribution >= 0.6 is 11.6 Å². The fourth-order valence-corrected chi connectivity index (χ4v) is 2.32. The lowest BCUT2D eigenvalue weighted by Gasteiger charge is -2.20. The number of rotatable bonds is 6. The fraction of sp³-hybridized carbons (Fsp3) is 0.312. The van der Waals surface area contributed by atoms with Crippen LogP contribution in [0.1, 0.15) is 30.6 Å². The average Bonchev–Trinajstić information content (AvgIpc) is 2.49. The summed E-state index contributed by atoms with van der Waals surface area (Å²) in [6, 6.07) is 11.7. The summed E-state index contributed by atoms with van der Waals surface area (Å²) in [5.41, 5.74) is 1.94. The van der Waals surface area contributed by atoms with E-state index in [1.807, 2.05) is 30.3 Å². The maximum atomic E-state index is 6.29. The lowest BCUT2D eigenvalue weighted by Crippen LogP contribution is -2.24. The fourth-order valence-electron chi connectivity index (χ4n) is 2.09. The van der Waals surface area contributed by atoms with Crippen LogP contribution in [0.2, 0.25) is 5.02 Å². The highest BCUT2D eigenvalue weighted by molar-refractivity contribution is 6.31. The Balaban J connectivity index is 2.38. The van der Waals surface area contributed by atoms with Crippen molar-refractivity contribution in [2.45, 2.75) is 19.4 Å². The van der Waals surface area contributed by atoms with Gasteiger partial charge in [0.25, 0.3) is 0 Å². The Morgan fingerprint density at radius 3 is 2.85 bits per heavy atom. The Bertz CT molecular complexity index is 560. The Morgan fingerprint density at radius 2 is 2.15 bits per heavy atom. The molecule has 1 heterocycles. The number of pyridine rings is 1. The molecule has 0 spiro atoms. The van der Waals surface area contributed by atoms with Crippen molar-refractivity contribution >= 4 is 11.6 Å². The molecule has 106 valence electrons. The van der Waals surface area contributed by atoms with Crippen molar-refractivity contribution in [1.29, 1.82) is 0 Å². The smallest absolute Gasteiger partial charge is 0.119 e. The molecule has 0 aliphatic rings.